The lowest BCUT2D eigenvalue weighted by Crippen LogP contribution is -2.29. The fourth-order valence-electron chi connectivity index (χ4n) is 3.44. The van der Waals surface area contributed by atoms with Gasteiger partial charge in [0.05, 0.1) is 11.8 Å². The van der Waals surface area contributed by atoms with Crippen LogP contribution in [0.25, 0.3) is 10.2 Å². The monoisotopic (exact) mass is 417 g/mol. The van der Waals surface area contributed by atoms with Crippen LogP contribution in [0.5, 0.6) is 5.75 Å². The first-order valence-electron chi connectivity index (χ1n) is 9.06. The molecule has 4 rings (SSSR count). The number of aromatic nitrogens is 2. The van der Waals surface area contributed by atoms with Gasteiger partial charge in [-0.05, 0) is 42.5 Å². The first-order valence-corrected chi connectivity index (χ1v) is 10.4. The highest BCUT2D eigenvalue weighted by Gasteiger charge is 2.25. The van der Waals surface area contributed by atoms with E-state index in [1.807, 2.05) is 6.07 Å². The number of carbonyl (C=O) groups excluding carboxylic acids is 1. The summed E-state index contributed by atoms with van der Waals surface area (Å²) >= 11 is 7.62. The number of fused-ring (bicyclic) bond motifs is 1. The summed E-state index contributed by atoms with van der Waals surface area (Å²) in [6, 6.07) is 7.41. The lowest BCUT2D eigenvalue weighted by molar-refractivity contribution is 0.0856. The van der Waals surface area contributed by atoms with E-state index in [2.05, 4.69) is 11.1 Å². The van der Waals surface area contributed by atoms with Crippen molar-refractivity contribution in [1.82, 2.24) is 9.97 Å². The zero-order valence-corrected chi connectivity index (χ0v) is 17.0. The van der Waals surface area contributed by atoms with Gasteiger partial charge in [-0.2, -0.15) is 0 Å². The summed E-state index contributed by atoms with van der Waals surface area (Å²) < 4.78 is 12.1. The van der Waals surface area contributed by atoms with Crippen LogP contribution in [0, 0.1) is 0 Å². The number of hydrogen-bond acceptors (Lipinski definition) is 6. The molecule has 146 valence electrons. The van der Waals surface area contributed by atoms with Gasteiger partial charge in [0.1, 0.15) is 17.3 Å². The van der Waals surface area contributed by atoms with E-state index in [1.54, 1.807) is 31.6 Å². The fraction of sp³-hybridized carbons (Fsp3) is 0.350. The van der Waals surface area contributed by atoms with Crippen LogP contribution in [0.2, 0.25) is 0 Å². The maximum Gasteiger partial charge on any atom is 0.261 e. The maximum atomic E-state index is 12.9. The number of benzene rings is 1. The molecule has 1 saturated heterocycles. The summed E-state index contributed by atoms with van der Waals surface area (Å²) in [5, 5.41) is 0.560. The molecule has 0 bridgehead atoms. The normalized spacial score (nSPS) is 14.9. The minimum absolute atomic E-state index is 0.00982. The van der Waals surface area contributed by atoms with Gasteiger partial charge in [-0.1, -0.05) is 17.4 Å². The molecule has 3 heterocycles. The van der Waals surface area contributed by atoms with Gasteiger partial charge in [0.15, 0.2) is 5.13 Å². The Morgan fingerprint density at radius 3 is 2.71 bits per heavy atom. The molecular formula is C20H20ClN3O3S. The third kappa shape index (κ3) is 3.57. The summed E-state index contributed by atoms with van der Waals surface area (Å²) in [7, 11) is 1.63. The van der Waals surface area contributed by atoms with Gasteiger partial charge in [-0.25, -0.2) is 4.98 Å². The molecule has 1 aliphatic heterocycles. The SMILES string of the molecule is COc1ccc(C2CCOCC2)c2sc(N(CCl)C(=O)c3ccncc3)nc12. The standard InChI is InChI=1S/C20H20ClN3O3S/c1-26-16-3-2-15(13-6-10-27-11-7-13)18-17(16)23-20(28-18)24(12-21)19(25)14-4-8-22-9-5-14/h2-5,8-9,13H,6-7,10-12H2,1H3. The Bertz CT molecular complexity index is 973. The number of methoxy groups -OCH3 is 1. The van der Waals surface area contributed by atoms with Crippen LogP contribution in [-0.4, -0.2) is 42.2 Å². The molecule has 8 heteroatoms. The molecule has 0 saturated carbocycles. The second kappa shape index (κ2) is 8.43. The molecule has 6 nitrogen and oxygen atoms in total. The highest BCUT2D eigenvalue weighted by molar-refractivity contribution is 7.22. The second-order valence-corrected chi connectivity index (χ2v) is 7.72. The molecule has 0 unspecified atom stereocenters. The highest BCUT2D eigenvalue weighted by atomic mass is 35.5. The number of pyridine rings is 1. The van der Waals surface area contributed by atoms with Crippen molar-refractivity contribution >= 4 is 44.2 Å². The van der Waals surface area contributed by atoms with Crippen molar-refractivity contribution in [3.63, 3.8) is 0 Å². The molecule has 28 heavy (non-hydrogen) atoms. The largest absolute Gasteiger partial charge is 0.494 e. The smallest absolute Gasteiger partial charge is 0.261 e. The lowest BCUT2D eigenvalue weighted by Gasteiger charge is -2.23. The molecule has 0 atom stereocenters. The number of nitrogens with zero attached hydrogens (tertiary/aromatic N) is 3. The topological polar surface area (TPSA) is 64.6 Å². The van der Waals surface area contributed by atoms with Crippen molar-refractivity contribution in [1.29, 1.82) is 0 Å². The van der Waals surface area contributed by atoms with Gasteiger partial charge in [0, 0.05) is 31.2 Å². The van der Waals surface area contributed by atoms with Gasteiger partial charge < -0.3 is 9.47 Å². The van der Waals surface area contributed by atoms with Crippen molar-refractivity contribution < 1.29 is 14.3 Å². The number of thiazole rings is 1. The Hall–Kier alpha value is -2.22. The average molecular weight is 418 g/mol. The van der Waals surface area contributed by atoms with E-state index >= 15 is 0 Å². The minimum atomic E-state index is -0.206. The molecule has 0 aliphatic carbocycles. The molecule has 1 aromatic carbocycles. The Morgan fingerprint density at radius 2 is 2.04 bits per heavy atom. The predicted octanol–water partition coefficient (Wildman–Crippen LogP) is 4.44. The van der Waals surface area contributed by atoms with Crippen molar-refractivity contribution in [3.05, 3.63) is 47.8 Å². The van der Waals surface area contributed by atoms with Crippen LogP contribution in [0.1, 0.15) is 34.7 Å². The zero-order chi connectivity index (χ0) is 19.5. The molecule has 0 radical (unpaired) electrons. The van der Waals surface area contributed by atoms with E-state index in [-0.39, 0.29) is 11.9 Å². The quantitative estimate of drug-likeness (QED) is 0.453. The lowest BCUT2D eigenvalue weighted by atomic mass is 9.91. The van der Waals surface area contributed by atoms with Gasteiger partial charge in [0.25, 0.3) is 5.91 Å². The van der Waals surface area contributed by atoms with E-state index in [1.165, 1.54) is 21.8 Å². The first kappa shape index (κ1) is 19.1. The molecule has 1 amide bonds. The number of ether oxygens (including phenoxy) is 2. The molecule has 1 fully saturated rings. The van der Waals surface area contributed by atoms with Gasteiger partial charge in [0.2, 0.25) is 0 Å². The maximum absolute atomic E-state index is 12.9. The first-order chi connectivity index (χ1) is 13.7. The summed E-state index contributed by atoms with van der Waals surface area (Å²) in [6.07, 6.45) is 5.13. The van der Waals surface area contributed by atoms with Crippen LogP contribution >= 0.6 is 22.9 Å². The van der Waals surface area contributed by atoms with E-state index in [9.17, 15) is 4.79 Å². The van der Waals surface area contributed by atoms with Crippen molar-refractivity contribution in [3.8, 4) is 5.75 Å². The van der Waals surface area contributed by atoms with E-state index in [4.69, 9.17) is 26.1 Å². The summed E-state index contributed by atoms with van der Waals surface area (Å²) in [4.78, 5) is 23.1. The summed E-state index contributed by atoms with van der Waals surface area (Å²) in [5.74, 6) is 0.901. The molecule has 1 aliphatic rings. The van der Waals surface area contributed by atoms with E-state index in [0.717, 1.165) is 36.3 Å². The number of alkyl halides is 1. The van der Waals surface area contributed by atoms with Crippen LogP contribution in [-0.2, 0) is 4.74 Å². The number of halogens is 1. The van der Waals surface area contributed by atoms with Gasteiger partial charge in [-0.15, -0.1) is 11.6 Å². The fourth-order valence-corrected chi connectivity index (χ4v) is 4.91. The summed E-state index contributed by atoms with van der Waals surface area (Å²) in [5.41, 5.74) is 2.52. The average Bonchev–Trinajstić information content (AvgIpc) is 3.19. The molecule has 0 spiro atoms. The third-order valence-electron chi connectivity index (χ3n) is 4.93. The zero-order valence-electron chi connectivity index (χ0n) is 15.4. The van der Waals surface area contributed by atoms with Crippen LogP contribution in [0.4, 0.5) is 5.13 Å². The third-order valence-corrected chi connectivity index (χ3v) is 6.30. The van der Waals surface area contributed by atoms with Crippen molar-refractivity contribution in [2.75, 3.05) is 31.2 Å². The summed E-state index contributed by atoms with van der Waals surface area (Å²) in [6.45, 7) is 1.52. The molecule has 3 aromatic rings. The highest BCUT2D eigenvalue weighted by Crippen LogP contribution is 2.41. The number of amides is 1. The molecule has 2 aromatic heterocycles. The van der Waals surface area contributed by atoms with E-state index < -0.39 is 0 Å². The number of hydrogen-bond donors (Lipinski definition) is 0. The van der Waals surface area contributed by atoms with Crippen LogP contribution < -0.4 is 9.64 Å². The second-order valence-electron chi connectivity index (χ2n) is 6.51. The molecular weight excluding hydrogens is 398 g/mol. The Morgan fingerprint density at radius 1 is 1.29 bits per heavy atom. The number of anilines is 1. The van der Waals surface area contributed by atoms with Crippen LogP contribution in [0.15, 0.2) is 36.7 Å². The minimum Gasteiger partial charge on any atom is -0.494 e. The van der Waals surface area contributed by atoms with Gasteiger partial charge in [-0.3, -0.25) is 14.7 Å². The van der Waals surface area contributed by atoms with Crippen LogP contribution in [0.3, 0.4) is 0 Å². The Labute approximate surface area is 172 Å². The van der Waals surface area contributed by atoms with Crippen molar-refractivity contribution in [2.45, 2.75) is 18.8 Å². The number of carbonyl (C=O) groups is 1. The predicted molar refractivity (Wildman–Crippen MR) is 111 cm³/mol. The Kier molecular flexibility index (Phi) is 5.75. The molecule has 0 N–H and O–H groups in total. The Balaban J connectivity index is 1.77. The van der Waals surface area contributed by atoms with Crippen molar-refractivity contribution in [2.24, 2.45) is 0 Å². The van der Waals surface area contributed by atoms with E-state index in [0.29, 0.717) is 22.4 Å². The van der Waals surface area contributed by atoms with Gasteiger partial charge >= 0.3 is 0 Å². The number of rotatable bonds is 5.